The molecule has 0 saturated heterocycles. The fourth-order valence-corrected chi connectivity index (χ4v) is 0.448. The van der Waals surface area contributed by atoms with Crippen molar-refractivity contribution in [1.29, 1.82) is 0 Å². The van der Waals surface area contributed by atoms with Crippen LogP contribution in [0.2, 0.25) is 0 Å². The molecule has 10 heavy (non-hydrogen) atoms. The van der Waals surface area contributed by atoms with Gasteiger partial charge in [-0.1, -0.05) is 0 Å². The summed E-state index contributed by atoms with van der Waals surface area (Å²) in [5.41, 5.74) is 0. The topological polar surface area (TPSA) is 35.5 Å². The highest BCUT2D eigenvalue weighted by Gasteiger charge is 2.08. The highest BCUT2D eigenvalue weighted by Crippen LogP contribution is 2.03. The number of rotatable bonds is 2. The van der Waals surface area contributed by atoms with E-state index in [-0.39, 0.29) is 0 Å². The third-order valence-corrected chi connectivity index (χ3v) is 0.698. The smallest absolute Gasteiger partial charge is 0.432 e. The molecule has 0 N–H and O–H groups in total. The maximum absolute atomic E-state index is 11.1. The zero-order chi connectivity index (χ0) is 14.1. The van der Waals surface area contributed by atoms with Crippen molar-refractivity contribution >= 4 is 28.7 Å². The van der Waals surface area contributed by atoms with Crippen LogP contribution in [-0.2, 0) is 9.47 Å². The fourth-order valence-electron chi connectivity index (χ4n) is 0.240. The van der Waals surface area contributed by atoms with Gasteiger partial charge in [0, 0.05) is 8.22 Å². The Hall–Kier alpha value is 0. The van der Waals surface area contributed by atoms with Gasteiger partial charge in [0.25, 0.3) is 0 Å². The zero-order valence-corrected chi connectivity index (χ0v) is 7.34. The molecule has 0 aromatic rings. The molecule has 1 atom stereocenters. The molecule has 0 heterocycles. The molecule has 3 nitrogen and oxygen atoms in total. The lowest BCUT2D eigenvalue weighted by molar-refractivity contribution is 0.0342. The minimum Gasteiger partial charge on any atom is -0.432 e. The van der Waals surface area contributed by atoms with Crippen LogP contribution in [0.1, 0.15) is 30.2 Å². The third-order valence-electron chi connectivity index (χ3n) is 0.444. The lowest BCUT2D eigenvalue weighted by Crippen LogP contribution is -2.15. The van der Waals surface area contributed by atoms with E-state index >= 15 is 0 Å². The van der Waals surface area contributed by atoms with Gasteiger partial charge >= 0.3 is 6.16 Å². The Labute approximate surface area is 84.0 Å². The van der Waals surface area contributed by atoms with E-state index in [4.69, 9.17) is 9.60 Å². The molecule has 0 aromatic carbocycles. The van der Waals surface area contributed by atoms with Crippen molar-refractivity contribution in [1.82, 2.24) is 0 Å². The van der Waals surface area contributed by atoms with E-state index < -0.39 is 30.0 Å². The van der Waals surface area contributed by atoms with Gasteiger partial charge < -0.3 is 9.47 Å². The first kappa shape index (κ1) is 3.16. The molecule has 0 aromatic heterocycles. The number of hydrogen-bond acceptors (Lipinski definition) is 3. The Morgan fingerprint density at radius 1 is 1.70 bits per heavy atom. The molecule has 1 unspecified atom stereocenters. The van der Waals surface area contributed by atoms with Gasteiger partial charge in [0.1, 0.15) is 0 Å². The van der Waals surface area contributed by atoms with Crippen LogP contribution in [0.3, 0.4) is 0 Å². The summed E-state index contributed by atoms with van der Waals surface area (Å²) < 4.78 is 57.1. The quantitative estimate of drug-likeness (QED) is 0.436. The molecule has 0 aliphatic heterocycles. The Morgan fingerprint density at radius 2 is 2.30 bits per heavy atom. The van der Waals surface area contributed by atoms with Crippen LogP contribution in [-0.4, -0.2) is 16.3 Å². The Morgan fingerprint density at radius 3 is 2.70 bits per heavy atom. The lowest BCUT2D eigenvalue weighted by atomic mass is 10.5. The summed E-state index contributed by atoms with van der Waals surface area (Å²) in [4.78, 5) is 11.1. The molecule has 0 amide bonds. The first-order valence-electron chi connectivity index (χ1n) is 5.85. The minimum atomic E-state index is -3.34. The summed E-state index contributed by atoms with van der Waals surface area (Å²) >= 11 is 1.69. The SMILES string of the molecule is [2H]C([2H])([2H])C([2H])(OC(=O)OC(C)I)C([2H])([2H])[2H]. The van der Waals surface area contributed by atoms with E-state index in [2.05, 4.69) is 9.47 Å². The Bertz CT molecular complexity index is 270. The molecule has 0 saturated carbocycles. The van der Waals surface area contributed by atoms with Gasteiger partial charge in [-0.15, -0.1) is 0 Å². The fraction of sp³-hybridized carbons (Fsp3) is 0.833. The van der Waals surface area contributed by atoms with E-state index in [0.29, 0.717) is 0 Å². The van der Waals surface area contributed by atoms with E-state index in [1.807, 2.05) is 0 Å². The van der Waals surface area contributed by atoms with Gasteiger partial charge in [0.15, 0.2) is 4.11 Å². The van der Waals surface area contributed by atoms with Crippen LogP contribution in [0.5, 0.6) is 0 Å². The molecule has 4 heteroatoms. The normalized spacial score (nSPS) is 26.8. The van der Waals surface area contributed by atoms with Crippen LogP contribution in [0.25, 0.3) is 0 Å². The zero-order valence-electron chi connectivity index (χ0n) is 12.2. The highest BCUT2D eigenvalue weighted by molar-refractivity contribution is 14.1. The second-order valence-corrected chi connectivity index (χ2v) is 3.10. The van der Waals surface area contributed by atoms with Crippen molar-refractivity contribution in [2.75, 3.05) is 0 Å². The van der Waals surface area contributed by atoms with Crippen LogP contribution < -0.4 is 0 Å². The number of halogens is 1. The maximum atomic E-state index is 11.1. The minimum absolute atomic E-state index is 0.641. The molecule has 0 fully saturated rings. The van der Waals surface area contributed by atoms with Crippen molar-refractivity contribution in [2.24, 2.45) is 0 Å². The van der Waals surface area contributed by atoms with E-state index in [1.54, 1.807) is 22.6 Å². The summed E-state index contributed by atoms with van der Waals surface area (Å²) in [5, 5.41) is 0. The largest absolute Gasteiger partial charge is 0.509 e. The summed E-state index contributed by atoms with van der Waals surface area (Å²) in [5.74, 6) is 0. The second kappa shape index (κ2) is 4.76. The van der Waals surface area contributed by atoms with Gasteiger partial charge in [-0.25, -0.2) is 4.79 Å². The second-order valence-electron chi connectivity index (χ2n) is 1.34. The molecule has 0 bridgehead atoms. The lowest BCUT2D eigenvalue weighted by Gasteiger charge is -2.09. The van der Waals surface area contributed by atoms with Crippen molar-refractivity contribution in [3.8, 4) is 0 Å². The average molecular weight is 265 g/mol. The van der Waals surface area contributed by atoms with Gasteiger partial charge in [-0.2, -0.15) is 0 Å². The molecule has 0 aliphatic rings. The van der Waals surface area contributed by atoms with Gasteiger partial charge in [0.2, 0.25) is 0 Å². The molecular formula is C6H11IO3. The van der Waals surface area contributed by atoms with Crippen LogP contribution >= 0.6 is 22.6 Å². The first-order valence-corrected chi connectivity index (χ1v) is 3.59. The van der Waals surface area contributed by atoms with Crippen molar-refractivity contribution in [2.45, 2.75) is 30.8 Å². The number of hydrogen-bond donors (Lipinski definition) is 0. The number of alkyl halides is 1. The maximum Gasteiger partial charge on any atom is 0.509 e. The summed E-state index contributed by atoms with van der Waals surface area (Å²) in [6, 6.07) is 0. The van der Waals surface area contributed by atoms with Crippen LogP contribution in [0.4, 0.5) is 4.79 Å². The summed E-state index contributed by atoms with van der Waals surface area (Å²) in [6.07, 6.45) is -4.85. The molecule has 0 rings (SSSR count). The standard InChI is InChI=1S/C6H11IO3/c1-4(2)9-6(8)10-5(3)7/h4-5H,1-3H3/i1D3,2D3,4D. The van der Waals surface area contributed by atoms with Crippen molar-refractivity contribution in [3.05, 3.63) is 0 Å². The number of carbonyl (C=O) groups excluding carboxylic acids is 1. The molecule has 0 spiro atoms. The van der Waals surface area contributed by atoms with E-state index in [9.17, 15) is 4.79 Å². The molecule has 0 radical (unpaired) electrons. The molecule has 60 valence electrons. The molecule has 0 aliphatic carbocycles. The predicted octanol–water partition coefficient (Wildman–Crippen LogP) is 2.33. The highest BCUT2D eigenvalue weighted by atomic mass is 127. The third kappa shape index (κ3) is 6.12. The van der Waals surface area contributed by atoms with Gasteiger partial charge in [-0.05, 0) is 43.2 Å². The van der Waals surface area contributed by atoms with E-state index in [0.717, 1.165) is 0 Å². The van der Waals surface area contributed by atoms with Gasteiger partial charge in [0.05, 0.1) is 7.45 Å². The van der Waals surface area contributed by atoms with Crippen LogP contribution in [0, 0.1) is 0 Å². The van der Waals surface area contributed by atoms with Gasteiger partial charge in [-0.3, -0.25) is 0 Å². The van der Waals surface area contributed by atoms with Crippen LogP contribution in [0.15, 0.2) is 0 Å². The Balaban J connectivity index is 5.06. The summed E-state index contributed by atoms with van der Waals surface area (Å²) in [6.45, 7) is -5.17. The van der Waals surface area contributed by atoms with E-state index in [1.165, 1.54) is 6.92 Å². The summed E-state index contributed by atoms with van der Waals surface area (Å²) in [7, 11) is 0. The Kier molecular flexibility index (Phi) is 1.51. The number of ether oxygens (including phenoxy) is 2. The average Bonchev–Trinajstić information content (AvgIpc) is 1.97. The van der Waals surface area contributed by atoms with Crippen molar-refractivity contribution in [3.63, 3.8) is 0 Å². The monoisotopic (exact) mass is 265 g/mol. The predicted molar refractivity (Wildman–Crippen MR) is 46.2 cm³/mol. The first-order chi connectivity index (χ1) is 7.31. The van der Waals surface area contributed by atoms with Crippen molar-refractivity contribution < 1.29 is 23.9 Å². The number of carbonyl (C=O) groups is 1. The molecular weight excluding hydrogens is 247 g/mol.